The first kappa shape index (κ1) is 12.7. The fraction of sp³-hybridized carbons (Fsp3) is 0.636. The van der Waals surface area contributed by atoms with Gasteiger partial charge in [0.1, 0.15) is 0 Å². The lowest BCUT2D eigenvalue weighted by Crippen LogP contribution is -2.45. The molecular weight excluding hydrogens is 204 g/mol. The summed E-state index contributed by atoms with van der Waals surface area (Å²) in [7, 11) is 0. The Morgan fingerprint density at radius 3 is 2.94 bits per heavy atom. The van der Waals surface area contributed by atoms with E-state index < -0.39 is 6.04 Å². The number of nitrogens with zero attached hydrogens (tertiary/aromatic N) is 2. The van der Waals surface area contributed by atoms with E-state index >= 15 is 0 Å². The van der Waals surface area contributed by atoms with Gasteiger partial charge in [-0.2, -0.15) is 0 Å². The van der Waals surface area contributed by atoms with Gasteiger partial charge in [-0.25, -0.2) is 4.98 Å². The van der Waals surface area contributed by atoms with Crippen LogP contribution in [0.3, 0.4) is 0 Å². The highest BCUT2D eigenvalue weighted by Gasteiger charge is 2.18. The Morgan fingerprint density at radius 1 is 1.62 bits per heavy atom. The fourth-order valence-corrected chi connectivity index (χ4v) is 1.36. The molecule has 16 heavy (non-hydrogen) atoms. The topological polar surface area (TPSA) is 72.9 Å². The van der Waals surface area contributed by atoms with Crippen LogP contribution in [-0.2, 0) is 11.3 Å². The average Bonchev–Trinajstić information content (AvgIpc) is 2.79. The smallest absolute Gasteiger partial charge is 0.237 e. The number of rotatable bonds is 6. The maximum atomic E-state index is 11.6. The zero-order chi connectivity index (χ0) is 12.0. The molecule has 1 amide bonds. The molecule has 1 rings (SSSR count). The zero-order valence-corrected chi connectivity index (χ0v) is 9.89. The second-order valence-corrected chi connectivity index (χ2v) is 4.00. The highest BCUT2D eigenvalue weighted by Crippen LogP contribution is 2.04. The van der Waals surface area contributed by atoms with Crippen molar-refractivity contribution in [2.75, 3.05) is 6.54 Å². The monoisotopic (exact) mass is 224 g/mol. The average molecular weight is 224 g/mol. The summed E-state index contributed by atoms with van der Waals surface area (Å²) in [6.45, 7) is 5.32. The summed E-state index contributed by atoms with van der Waals surface area (Å²) >= 11 is 0. The normalized spacial score (nSPS) is 14.4. The molecule has 5 nitrogen and oxygen atoms in total. The van der Waals surface area contributed by atoms with Gasteiger partial charge in [-0.15, -0.1) is 0 Å². The van der Waals surface area contributed by atoms with Crippen LogP contribution in [0.15, 0.2) is 18.7 Å². The molecule has 1 heterocycles. The van der Waals surface area contributed by atoms with Crippen molar-refractivity contribution >= 4 is 5.91 Å². The molecule has 1 aromatic rings. The number of aromatic nitrogens is 2. The molecule has 0 saturated heterocycles. The van der Waals surface area contributed by atoms with E-state index in [0.29, 0.717) is 6.54 Å². The summed E-state index contributed by atoms with van der Waals surface area (Å²) in [6.07, 6.45) is 6.21. The molecule has 0 bridgehead atoms. The van der Waals surface area contributed by atoms with Gasteiger partial charge in [-0.3, -0.25) is 4.79 Å². The van der Waals surface area contributed by atoms with Crippen LogP contribution in [0.1, 0.15) is 20.3 Å². The third-order valence-corrected chi connectivity index (χ3v) is 2.79. The molecule has 2 atom stereocenters. The van der Waals surface area contributed by atoms with Crippen molar-refractivity contribution in [3.63, 3.8) is 0 Å². The van der Waals surface area contributed by atoms with Gasteiger partial charge >= 0.3 is 0 Å². The van der Waals surface area contributed by atoms with Gasteiger partial charge in [0, 0.05) is 25.5 Å². The largest absolute Gasteiger partial charge is 0.353 e. The Hall–Kier alpha value is -1.36. The van der Waals surface area contributed by atoms with Crippen LogP contribution >= 0.6 is 0 Å². The van der Waals surface area contributed by atoms with Gasteiger partial charge < -0.3 is 15.6 Å². The molecule has 0 aliphatic heterocycles. The minimum atomic E-state index is -0.409. The van der Waals surface area contributed by atoms with E-state index in [1.54, 1.807) is 12.5 Å². The standard InChI is InChI=1S/C11H20N4O/c1-3-9(2)10(12)11(16)14-5-7-15-6-4-13-8-15/h4,6,8-10H,3,5,7,12H2,1-2H3,(H,14,16). The molecule has 0 saturated carbocycles. The fourth-order valence-electron chi connectivity index (χ4n) is 1.36. The third kappa shape index (κ3) is 3.66. The number of carbonyl (C=O) groups excluding carboxylic acids is 1. The first-order chi connectivity index (χ1) is 7.65. The molecule has 0 spiro atoms. The lowest BCUT2D eigenvalue weighted by atomic mass is 9.99. The maximum Gasteiger partial charge on any atom is 0.237 e. The highest BCUT2D eigenvalue weighted by atomic mass is 16.2. The van der Waals surface area contributed by atoms with Crippen molar-refractivity contribution in [1.82, 2.24) is 14.9 Å². The van der Waals surface area contributed by atoms with Gasteiger partial charge in [-0.1, -0.05) is 20.3 Å². The number of carbonyl (C=O) groups is 1. The van der Waals surface area contributed by atoms with E-state index in [9.17, 15) is 4.79 Å². The molecule has 0 aliphatic rings. The lowest BCUT2D eigenvalue weighted by Gasteiger charge is -2.17. The van der Waals surface area contributed by atoms with E-state index in [2.05, 4.69) is 10.3 Å². The van der Waals surface area contributed by atoms with Crippen LogP contribution in [-0.4, -0.2) is 28.0 Å². The second-order valence-electron chi connectivity index (χ2n) is 4.00. The number of amides is 1. The summed E-state index contributed by atoms with van der Waals surface area (Å²) in [4.78, 5) is 15.5. The van der Waals surface area contributed by atoms with Crippen LogP contribution in [0, 0.1) is 5.92 Å². The van der Waals surface area contributed by atoms with E-state index in [-0.39, 0.29) is 11.8 Å². The number of nitrogens with two attached hydrogens (primary N) is 1. The van der Waals surface area contributed by atoms with Crippen molar-refractivity contribution in [3.8, 4) is 0 Å². The molecule has 90 valence electrons. The number of nitrogens with one attached hydrogen (secondary N) is 1. The molecule has 0 radical (unpaired) electrons. The van der Waals surface area contributed by atoms with Gasteiger partial charge in [0.2, 0.25) is 5.91 Å². The van der Waals surface area contributed by atoms with Gasteiger partial charge in [-0.05, 0) is 5.92 Å². The van der Waals surface area contributed by atoms with Crippen LogP contribution in [0.25, 0.3) is 0 Å². The Morgan fingerprint density at radius 2 is 2.38 bits per heavy atom. The van der Waals surface area contributed by atoms with Crippen molar-refractivity contribution in [2.24, 2.45) is 11.7 Å². The van der Waals surface area contributed by atoms with Gasteiger partial charge in [0.25, 0.3) is 0 Å². The SMILES string of the molecule is CCC(C)C(N)C(=O)NCCn1ccnc1. The Kier molecular flexibility index (Phi) is 4.98. The van der Waals surface area contributed by atoms with E-state index in [1.807, 2.05) is 24.6 Å². The third-order valence-electron chi connectivity index (χ3n) is 2.79. The second kappa shape index (κ2) is 6.27. The van der Waals surface area contributed by atoms with Crippen molar-refractivity contribution in [1.29, 1.82) is 0 Å². The van der Waals surface area contributed by atoms with E-state index in [1.165, 1.54) is 0 Å². The van der Waals surface area contributed by atoms with Crippen molar-refractivity contribution in [2.45, 2.75) is 32.9 Å². The molecule has 3 N–H and O–H groups in total. The molecule has 5 heteroatoms. The summed E-state index contributed by atoms with van der Waals surface area (Å²) < 4.78 is 1.91. The molecule has 1 aromatic heterocycles. The molecular formula is C11H20N4O. The first-order valence-corrected chi connectivity index (χ1v) is 5.64. The van der Waals surface area contributed by atoms with Crippen LogP contribution in [0.5, 0.6) is 0 Å². The Labute approximate surface area is 96.0 Å². The predicted molar refractivity (Wildman–Crippen MR) is 62.7 cm³/mol. The first-order valence-electron chi connectivity index (χ1n) is 5.64. The maximum absolute atomic E-state index is 11.6. The van der Waals surface area contributed by atoms with E-state index in [4.69, 9.17) is 5.73 Å². The van der Waals surface area contributed by atoms with E-state index in [0.717, 1.165) is 13.0 Å². The molecule has 0 aromatic carbocycles. The summed E-state index contributed by atoms with van der Waals surface area (Å²) in [5.41, 5.74) is 5.80. The highest BCUT2D eigenvalue weighted by molar-refractivity contribution is 5.81. The number of imidazole rings is 1. The number of hydrogen-bond acceptors (Lipinski definition) is 3. The minimum absolute atomic E-state index is 0.0746. The molecule has 0 fully saturated rings. The van der Waals surface area contributed by atoms with Gasteiger partial charge in [0.05, 0.1) is 12.4 Å². The zero-order valence-electron chi connectivity index (χ0n) is 9.89. The van der Waals surface area contributed by atoms with Crippen molar-refractivity contribution in [3.05, 3.63) is 18.7 Å². The predicted octanol–water partition coefficient (Wildman–Crippen LogP) is 0.373. The van der Waals surface area contributed by atoms with Gasteiger partial charge in [0.15, 0.2) is 0 Å². The van der Waals surface area contributed by atoms with Crippen LogP contribution < -0.4 is 11.1 Å². The number of hydrogen-bond donors (Lipinski definition) is 2. The van der Waals surface area contributed by atoms with Crippen LogP contribution in [0.4, 0.5) is 0 Å². The molecule has 2 unspecified atom stereocenters. The quantitative estimate of drug-likeness (QED) is 0.733. The Bertz CT molecular complexity index is 310. The lowest BCUT2D eigenvalue weighted by molar-refractivity contribution is -0.123. The summed E-state index contributed by atoms with van der Waals surface area (Å²) in [5.74, 6) is 0.141. The Balaban J connectivity index is 2.24. The summed E-state index contributed by atoms with van der Waals surface area (Å²) in [5, 5.41) is 2.82. The van der Waals surface area contributed by atoms with Crippen molar-refractivity contribution < 1.29 is 4.79 Å². The minimum Gasteiger partial charge on any atom is -0.353 e. The summed E-state index contributed by atoms with van der Waals surface area (Å²) in [6, 6.07) is -0.409. The van der Waals surface area contributed by atoms with Crippen LogP contribution in [0.2, 0.25) is 0 Å². The molecule has 0 aliphatic carbocycles.